The Morgan fingerprint density at radius 2 is 2.26 bits per heavy atom. The molecule has 0 aromatic carbocycles. The number of nitrogens with one attached hydrogen (secondary N) is 2. The summed E-state index contributed by atoms with van der Waals surface area (Å²) in [5, 5.41) is 13.3. The molecule has 3 N–H and O–H groups in total. The third kappa shape index (κ3) is 3.03. The maximum Gasteiger partial charge on any atom is 0.253 e. The first kappa shape index (κ1) is 14.5. The summed E-state index contributed by atoms with van der Waals surface area (Å²) in [5.41, 5.74) is 1.85. The molecule has 6 nitrogen and oxygen atoms in total. The summed E-state index contributed by atoms with van der Waals surface area (Å²) >= 11 is 0. The highest BCUT2D eigenvalue weighted by Gasteiger charge is 2.35. The number of hydrogen-bond acceptors (Lipinski definition) is 3. The van der Waals surface area contributed by atoms with E-state index in [1.54, 1.807) is 18.7 Å². The first-order valence-electron chi connectivity index (χ1n) is 8.32. The number of aromatic amines is 1. The number of imidazole rings is 1. The molecule has 1 unspecified atom stereocenters. The third-order valence-corrected chi connectivity index (χ3v) is 5.01. The van der Waals surface area contributed by atoms with E-state index in [-0.39, 0.29) is 11.9 Å². The molecule has 0 aliphatic heterocycles. The average Bonchev–Trinajstić information content (AvgIpc) is 2.94. The summed E-state index contributed by atoms with van der Waals surface area (Å²) in [6.07, 6.45) is 12.5. The van der Waals surface area contributed by atoms with Gasteiger partial charge in [-0.3, -0.25) is 4.79 Å². The number of aliphatic hydroxyl groups excluding tert-OH is 1. The van der Waals surface area contributed by atoms with E-state index >= 15 is 0 Å². The Kier molecular flexibility index (Phi) is 3.69. The molecule has 2 heterocycles. The van der Waals surface area contributed by atoms with Crippen LogP contribution in [-0.4, -0.2) is 37.7 Å². The molecule has 0 radical (unpaired) electrons. The largest absolute Gasteiger partial charge is 0.391 e. The van der Waals surface area contributed by atoms with Crippen molar-refractivity contribution in [3.05, 3.63) is 42.2 Å². The van der Waals surface area contributed by atoms with Crippen molar-refractivity contribution >= 4 is 5.91 Å². The highest BCUT2D eigenvalue weighted by Crippen LogP contribution is 2.41. The molecule has 2 aliphatic carbocycles. The highest BCUT2D eigenvalue weighted by molar-refractivity contribution is 5.96. The summed E-state index contributed by atoms with van der Waals surface area (Å²) in [7, 11) is 0. The molecule has 2 aliphatic rings. The van der Waals surface area contributed by atoms with Gasteiger partial charge in [-0.25, -0.2) is 4.98 Å². The Bertz CT molecular complexity index is 675. The summed E-state index contributed by atoms with van der Waals surface area (Å²) in [4.78, 5) is 19.6. The topological polar surface area (TPSA) is 82.9 Å². The van der Waals surface area contributed by atoms with Gasteiger partial charge in [-0.15, -0.1) is 0 Å². The molecule has 0 spiro atoms. The fourth-order valence-corrected chi connectivity index (χ4v) is 3.67. The second-order valence-electron chi connectivity index (χ2n) is 6.84. The number of aliphatic hydroxyl groups is 1. The molecule has 122 valence electrons. The Labute approximate surface area is 134 Å². The van der Waals surface area contributed by atoms with Gasteiger partial charge in [0.1, 0.15) is 0 Å². The van der Waals surface area contributed by atoms with Crippen molar-refractivity contribution < 1.29 is 9.90 Å². The Hall–Kier alpha value is -2.08. The summed E-state index contributed by atoms with van der Waals surface area (Å²) in [6.45, 7) is 0.834. The zero-order chi connectivity index (χ0) is 15.8. The van der Waals surface area contributed by atoms with Gasteiger partial charge in [-0.2, -0.15) is 0 Å². The Morgan fingerprint density at radius 3 is 3.00 bits per heavy atom. The van der Waals surface area contributed by atoms with Crippen LogP contribution in [0.1, 0.15) is 47.5 Å². The fourth-order valence-electron chi connectivity index (χ4n) is 3.67. The van der Waals surface area contributed by atoms with Crippen LogP contribution in [0, 0.1) is 5.92 Å². The number of nitrogens with zero attached hydrogens (tertiary/aromatic N) is 2. The lowest BCUT2D eigenvalue weighted by atomic mass is 10.1. The predicted octanol–water partition coefficient (Wildman–Crippen LogP) is 1.66. The average molecular weight is 314 g/mol. The first-order chi connectivity index (χ1) is 11.2. The van der Waals surface area contributed by atoms with Crippen molar-refractivity contribution in [2.75, 3.05) is 0 Å². The number of rotatable bonds is 5. The first-order valence-corrected chi connectivity index (χ1v) is 8.32. The third-order valence-electron chi connectivity index (χ3n) is 5.01. The second kappa shape index (κ2) is 5.85. The summed E-state index contributed by atoms with van der Waals surface area (Å²) in [5.74, 6) is 0.823. The molecule has 23 heavy (non-hydrogen) atoms. The van der Waals surface area contributed by atoms with Crippen molar-refractivity contribution in [3.63, 3.8) is 0 Å². The molecule has 3 atom stereocenters. The molecule has 0 saturated heterocycles. The van der Waals surface area contributed by atoms with Gasteiger partial charge in [0.15, 0.2) is 0 Å². The van der Waals surface area contributed by atoms with E-state index < -0.39 is 6.10 Å². The molecule has 1 amide bonds. The van der Waals surface area contributed by atoms with Crippen LogP contribution in [0.25, 0.3) is 0 Å². The van der Waals surface area contributed by atoms with Crippen LogP contribution in [0.4, 0.5) is 0 Å². The maximum atomic E-state index is 12.5. The van der Waals surface area contributed by atoms with Crippen LogP contribution in [0.5, 0.6) is 0 Å². The van der Waals surface area contributed by atoms with E-state index in [9.17, 15) is 9.90 Å². The van der Waals surface area contributed by atoms with Crippen LogP contribution in [0.3, 0.4) is 0 Å². The predicted molar refractivity (Wildman–Crippen MR) is 85.0 cm³/mol. The summed E-state index contributed by atoms with van der Waals surface area (Å²) < 4.78 is 2.03. The van der Waals surface area contributed by atoms with Crippen molar-refractivity contribution in [2.24, 2.45) is 5.92 Å². The van der Waals surface area contributed by atoms with Gasteiger partial charge in [0.2, 0.25) is 0 Å². The quantitative estimate of drug-likeness (QED) is 0.785. The zero-order valence-corrected chi connectivity index (χ0v) is 13.0. The monoisotopic (exact) mass is 314 g/mol. The molecule has 2 fully saturated rings. The molecule has 2 aromatic rings. The van der Waals surface area contributed by atoms with Crippen molar-refractivity contribution in [2.45, 2.75) is 50.3 Å². The van der Waals surface area contributed by atoms with Crippen LogP contribution < -0.4 is 5.32 Å². The Balaban J connectivity index is 1.38. The maximum absolute atomic E-state index is 12.5. The SMILES string of the molecule is O=C(N[C@@H]1CC(Cn2ccnc2)C[C@H]1O)c1c[nH]cc1C1CC1. The molecular weight excluding hydrogens is 292 g/mol. The lowest BCUT2D eigenvalue weighted by Crippen LogP contribution is -2.40. The Morgan fingerprint density at radius 1 is 1.39 bits per heavy atom. The minimum atomic E-state index is -0.476. The smallest absolute Gasteiger partial charge is 0.253 e. The van der Waals surface area contributed by atoms with E-state index in [2.05, 4.69) is 15.3 Å². The lowest BCUT2D eigenvalue weighted by molar-refractivity contribution is 0.0872. The van der Waals surface area contributed by atoms with E-state index in [1.165, 1.54) is 0 Å². The van der Waals surface area contributed by atoms with Gasteiger partial charge in [0.25, 0.3) is 5.91 Å². The van der Waals surface area contributed by atoms with Gasteiger partial charge in [0, 0.05) is 31.3 Å². The van der Waals surface area contributed by atoms with Gasteiger partial charge in [-0.1, -0.05) is 0 Å². The van der Waals surface area contributed by atoms with Crippen LogP contribution in [0.15, 0.2) is 31.1 Å². The zero-order valence-electron chi connectivity index (χ0n) is 13.0. The number of carbonyl (C=O) groups is 1. The minimum Gasteiger partial charge on any atom is -0.391 e. The molecule has 6 heteroatoms. The molecule has 2 saturated carbocycles. The van der Waals surface area contributed by atoms with Crippen molar-refractivity contribution in [3.8, 4) is 0 Å². The standard InChI is InChI=1S/C17H22N4O2/c22-16-6-11(9-21-4-3-18-10-21)5-15(16)20-17(23)14-8-19-7-13(14)12-1-2-12/h3-4,7-8,10-12,15-16,19,22H,1-2,5-6,9H2,(H,20,23)/t11?,15-,16-/m1/s1. The normalized spacial score (nSPS) is 27.3. The molecule has 4 rings (SSSR count). The summed E-state index contributed by atoms with van der Waals surface area (Å²) in [6, 6.07) is -0.169. The second-order valence-corrected chi connectivity index (χ2v) is 6.84. The van der Waals surface area contributed by atoms with Crippen LogP contribution >= 0.6 is 0 Å². The highest BCUT2D eigenvalue weighted by atomic mass is 16.3. The van der Waals surface area contributed by atoms with Crippen LogP contribution in [0.2, 0.25) is 0 Å². The van der Waals surface area contributed by atoms with E-state index in [4.69, 9.17) is 0 Å². The van der Waals surface area contributed by atoms with E-state index in [0.29, 0.717) is 18.3 Å². The van der Waals surface area contributed by atoms with E-state index in [1.807, 2.05) is 17.0 Å². The van der Waals surface area contributed by atoms with Crippen molar-refractivity contribution in [1.82, 2.24) is 19.9 Å². The molecular formula is C17H22N4O2. The number of amides is 1. The minimum absolute atomic E-state index is 0.0690. The van der Waals surface area contributed by atoms with Gasteiger partial charge in [-0.05, 0) is 43.1 Å². The lowest BCUT2D eigenvalue weighted by Gasteiger charge is -2.16. The van der Waals surface area contributed by atoms with Gasteiger partial charge < -0.3 is 20.0 Å². The number of hydrogen-bond donors (Lipinski definition) is 3. The molecule has 0 bridgehead atoms. The number of H-pyrrole nitrogens is 1. The van der Waals surface area contributed by atoms with Crippen LogP contribution in [-0.2, 0) is 6.54 Å². The van der Waals surface area contributed by atoms with Crippen molar-refractivity contribution in [1.29, 1.82) is 0 Å². The van der Waals surface area contributed by atoms with Gasteiger partial charge in [0.05, 0.1) is 24.0 Å². The number of carbonyl (C=O) groups excluding carboxylic acids is 1. The molecule has 2 aromatic heterocycles. The number of aromatic nitrogens is 3. The van der Waals surface area contributed by atoms with E-state index in [0.717, 1.165) is 36.9 Å². The van der Waals surface area contributed by atoms with Gasteiger partial charge >= 0.3 is 0 Å². The fraction of sp³-hybridized carbons (Fsp3) is 0.529.